The van der Waals surface area contributed by atoms with Crippen molar-refractivity contribution >= 4 is 11.9 Å². The first-order chi connectivity index (χ1) is 22.1. The first-order valence-corrected chi connectivity index (χ1v) is 18.8. The predicted octanol–water partition coefficient (Wildman–Crippen LogP) is 9.10. The third-order valence-corrected chi connectivity index (χ3v) is 12.7. The first-order valence-electron chi connectivity index (χ1n) is 18.8. The molecule has 2 fully saturated rings. The number of likely N-dealkylation sites (tertiary alicyclic amines) is 2. The van der Waals surface area contributed by atoms with Gasteiger partial charge in [0.05, 0.1) is 11.1 Å². The Kier molecular flexibility index (Phi) is 11.6. The fourth-order valence-electron chi connectivity index (χ4n) is 8.29. The van der Waals surface area contributed by atoms with Gasteiger partial charge in [-0.2, -0.15) is 0 Å². The summed E-state index contributed by atoms with van der Waals surface area (Å²) in [4.78, 5) is 34.9. The molecule has 2 heterocycles. The van der Waals surface area contributed by atoms with Crippen LogP contribution in [0.5, 0.6) is 5.75 Å². The van der Waals surface area contributed by atoms with Gasteiger partial charge in [0.1, 0.15) is 18.0 Å². The molecule has 0 amide bonds. The Hall–Kier alpha value is -2.12. The number of aromatic hydroxyl groups is 1. The average Bonchev–Trinajstić information content (AvgIpc) is 2.96. The molecular formula is C42H72N2O5. The van der Waals surface area contributed by atoms with Crippen LogP contribution in [-0.2, 0) is 36.3 Å². The van der Waals surface area contributed by atoms with Gasteiger partial charge in [-0.1, -0.05) is 67.4 Å². The van der Waals surface area contributed by atoms with Gasteiger partial charge in [-0.05, 0) is 142 Å². The lowest BCUT2D eigenvalue weighted by molar-refractivity contribution is -0.196. The van der Waals surface area contributed by atoms with Gasteiger partial charge in [-0.15, -0.1) is 0 Å². The van der Waals surface area contributed by atoms with Gasteiger partial charge in [-0.3, -0.25) is 19.4 Å². The van der Waals surface area contributed by atoms with E-state index in [4.69, 9.17) is 9.47 Å². The zero-order chi connectivity index (χ0) is 37.8. The second-order valence-electron chi connectivity index (χ2n) is 19.8. The van der Waals surface area contributed by atoms with Gasteiger partial charge < -0.3 is 14.6 Å². The quantitative estimate of drug-likeness (QED) is 0.205. The number of likely N-dealkylation sites (N-methyl/N-ethyl adjacent to an activating group) is 2. The first kappa shape index (κ1) is 41.3. The summed E-state index contributed by atoms with van der Waals surface area (Å²) in [6.07, 6.45) is 4.33. The number of unbranched alkanes of at least 4 members (excludes halogenated alkanes) is 1. The van der Waals surface area contributed by atoms with E-state index in [1.165, 1.54) is 0 Å². The number of ether oxygens (including phenoxy) is 2. The van der Waals surface area contributed by atoms with Crippen molar-refractivity contribution in [2.45, 2.75) is 200 Å². The lowest BCUT2D eigenvalue weighted by atomic mass is 9.71. The highest BCUT2D eigenvalue weighted by Crippen LogP contribution is 2.46. The SMILES string of the molecule is CCCCC(Cc1cc(C(C)(C)C)c(O)cc1C(C)(C)C)(C(=O)OC1CCC(C)(C)N(C)C1(C)C)C(=O)OC1CCC(C)(C)N(C)C1(C)C. The second-order valence-corrected chi connectivity index (χ2v) is 19.8. The molecule has 280 valence electrons. The van der Waals surface area contributed by atoms with Crippen LogP contribution in [-0.4, -0.2) is 75.3 Å². The summed E-state index contributed by atoms with van der Waals surface area (Å²) in [5.41, 5.74) is -0.662. The summed E-state index contributed by atoms with van der Waals surface area (Å²) >= 11 is 0. The summed E-state index contributed by atoms with van der Waals surface area (Å²) in [6.45, 7) is 32.1. The maximum Gasteiger partial charge on any atom is 0.324 e. The fourth-order valence-corrected chi connectivity index (χ4v) is 8.29. The zero-order valence-electron chi connectivity index (χ0n) is 34.4. The number of carbonyl (C=O) groups is 2. The maximum absolute atomic E-state index is 15.1. The van der Waals surface area contributed by atoms with Crippen LogP contribution in [0.3, 0.4) is 0 Å². The Morgan fingerprint density at radius 2 is 1.16 bits per heavy atom. The molecule has 2 saturated heterocycles. The Labute approximate surface area is 299 Å². The molecule has 0 radical (unpaired) electrons. The van der Waals surface area contributed by atoms with Gasteiger partial charge in [0.25, 0.3) is 0 Å². The molecule has 0 saturated carbocycles. The topological polar surface area (TPSA) is 79.3 Å². The van der Waals surface area contributed by atoms with Crippen molar-refractivity contribution in [3.8, 4) is 5.75 Å². The van der Waals surface area contributed by atoms with Crippen LogP contribution in [0.1, 0.15) is 165 Å². The molecule has 7 heteroatoms. The second kappa shape index (κ2) is 13.8. The molecule has 1 aromatic carbocycles. The van der Waals surface area contributed by atoms with Crippen LogP contribution in [0, 0.1) is 5.41 Å². The van der Waals surface area contributed by atoms with Crippen molar-refractivity contribution in [3.05, 3.63) is 28.8 Å². The molecule has 49 heavy (non-hydrogen) atoms. The van der Waals surface area contributed by atoms with E-state index >= 15 is 9.59 Å². The monoisotopic (exact) mass is 685 g/mol. The Morgan fingerprint density at radius 3 is 1.53 bits per heavy atom. The smallest absolute Gasteiger partial charge is 0.324 e. The Morgan fingerprint density at radius 1 is 0.755 bits per heavy atom. The number of nitrogens with zero attached hydrogens (tertiary/aromatic N) is 2. The normalized spacial score (nSPS) is 25.3. The van der Waals surface area contributed by atoms with E-state index in [1.54, 1.807) is 0 Å². The van der Waals surface area contributed by atoms with Crippen LogP contribution in [0.25, 0.3) is 0 Å². The van der Waals surface area contributed by atoms with Gasteiger partial charge >= 0.3 is 11.9 Å². The number of rotatable bonds is 9. The summed E-state index contributed by atoms with van der Waals surface area (Å²) < 4.78 is 13.3. The van der Waals surface area contributed by atoms with Crippen molar-refractivity contribution in [2.24, 2.45) is 5.41 Å². The number of piperidine rings is 2. The molecule has 0 spiro atoms. The number of hydrogen-bond acceptors (Lipinski definition) is 7. The number of carbonyl (C=O) groups excluding carboxylic acids is 2. The van der Waals surface area contributed by atoms with Crippen LogP contribution in [0.2, 0.25) is 0 Å². The molecule has 7 nitrogen and oxygen atoms in total. The highest BCUT2D eigenvalue weighted by molar-refractivity contribution is 6.00. The Balaban J connectivity index is 2.25. The minimum Gasteiger partial charge on any atom is -0.508 e. The summed E-state index contributed by atoms with van der Waals surface area (Å²) in [5, 5.41) is 11.3. The van der Waals surface area contributed by atoms with Crippen LogP contribution in [0.15, 0.2) is 12.1 Å². The molecule has 3 rings (SSSR count). The molecular weight excluding hydrogens is 612 g/mol. The number of benzene rings is 1. The molecule has 1 aromatic rings. The van der Waals surface area contributed by atoms with Gasteiger partial charge in [0.15, 0.2) is 5.41 Å². The molecule has 0 aliphatic carbocycles. The molecule has 2 atom stereocenters. The van der Waals surface area contributed by atoms with E-state index in [0.717, 1.165) is 36.0 Å². The highest BCUT2D eigenvalue weighted by Gasteiger charge is 2.55. The zero-order valence-corrected chi connectivity index (χ0v) is 34.4. The van der Waals surface area contributed by atoms with Crippen LogP contribution in [0.4, 0.5) is 0 Å². The maximum atomic E-state index is 15.1. The Bertz CT molecular complexity index is 1300. The van der Waals surface area contributed by atoms with E-state index in [9.17, 15) is 5.11 Å². The van der Waals surface area contributed by atoms with Gasteiger partial charge in [-0.25, -0.2) is 0 Å². The van der Waals surface area contributed by atoms with E-state index in [2.05, 4.69) is 128 Å². The van der Waals surface area contributed by atoms with Crippen molar-refractivity contribution in [1.29, 1.82) is 0 Å². The number of phenols is 1. The molecule has 2 aliphatic heterocycles. The van der Waals surface area contributed by atoms with Crippen LogP contribution >= 0.6 is 0 Å². The van der Waals surface area contributed by atoms with Crippen molar-refractivity contribution in [1.82, 2.24) is 9.80 Å². The van der Waals surface area contributed by atoms with Gasteiger partial charge in [0, 0.05) is 11.1 Å². The van der Waals surface area contributed by atoms with Crippen LogP contribution < -0.4 is 0 Å². The number of esters is 2. The molecule has 0 bridgehead atoms. The van der Waals surface area contributed by atoms with E-state index in [-0.39, 0.29) is 34.1 Å². The largest absolute Gasteiger partial charge is 0.508 e. The van der Waals surface area contributed by atoms with Crippen molar-refractivity contribution < 1.29 is 24.2 Å². The fraction of sp³-hybridized carbons (Fsp3) is 0.810. The highest BCUT2D eigenvalue weighted by atomic mass is 16.6. The average molecular weight is 685 g/mol. The standard InChI is InChI=1S/C42H72N2O5/c1-18-19-22-42(34(46)48-32-20-23-38(8,9)43(16)40(32,12)13,35(47)49-33-21-24-39(10,11)44(17)41(33,14)15)27-28-25-30(37(5,6)7)31(45)26-29(28)36(2,3)4/h25-26,32-33,45H,18-24,27H2,1-17H3. The number of phenolic OH excluding ortho intramolecular Hbond substituents is 1. The summed E-state index contributed by atoms with van der Waals surface area (Å²) in [6, 6.07) is 3.87. The molecule has 0 aromatic heterocycles. The predicted molar refractivity (Wildman–Crippen MR) is 201 cm³/mol. The van der Waals surface area contributed by atoms with Crippen molar-refractivity contribution in [2.75, 3.05) is 14.1 Å². The summed E-state index contributed by atoms with van der Waals surface area (Å²) in [7, 11) is 4.20. The lowest BCUT2D eigenvalue weighted by Crippen LogP contribution is -2.65. The summed E-state index contributed by atoms with van der Waals surface area (Å²) in [5.74, 6) is -0.760. The molecule has 2 unspecified atom stereocenters. The molecule has 1 N–H and O–H groups in total. The third kappa shape index (κ3) is 8.19. The van der Waals surface area contributed by atoms with E-state index in [1.807, 2.05) is 12.1 Å². The minimum absolute atomic E-state index is 0.0476. The lowest BCUT2D eigenvalue weighted by Gasteiger charge is -2.55. The van der Waals surface area contributed by atoms with Gasteiger partial charge in [0.2, 0.25) is 0 Å². The van der Waals surface area contributed by atoms with E-state index < -0.39 is 40.6 Å². The number of hydrogen-bond donors (Lipinski definition) is 1. The molecule has 2 aliphatic rings. The van der Waals surface area contributed by atoms with E-state index in [0.29, 0.717) is 25.7 Å². The minimum atomic E-state index is -1.56. The van der Waals surface area contributed by atoms with Crippen molar-refractivity contribution in [3.63, 3.8) is 0 Å². The third-order valence-electron chi connectivity index (χ3n) is 12.7.